The first kappa shape index (κ1) is 20.2. The molecule has 0 radical (unpaired) electrons. The minimum absolute atomic E-state index is 0.0604. The van der Waals surface area contributed by atoms with Crippen molar-refractivity contribution in [3.8, 4) is 0 Å². The largest absolute Gasteiger partial charge is 0.337 e. The smallest absolute Gasteiger partial charge is 0.321 e. The van der Waals surface area contributed by atoms with E-state index in [1.54, 1.807) is 22.8 Å². The molecule has 8 nitrogen and oxygen atoms in total. The van der Waals surface area contributed by atoms with Crippen molar-refractivity contribution in [2.75, 3.05) is 31.5 Å². The number of halogens is 1. The van der Waals surface area contributed by atoms with Crippen molar-refractivity contribution in [2.45, 2.75) is 13.3 Å². The molecule has 2 aromatic rings. The Hall–Kier alpha value is -3.49. The second kappa shape index (κ2) is 8.68. The fraction of sp³-hybridized carbons (Fsp3) is 0.300. The Kier molecular flexibility index (Phi) is 6.06. The molecule has 1 heterocycles. The van der Waals surface area contributed by atoms with E-state index in [2.05, 4.69) is 5.32 Å². The van der Waals surface area contributed by atoms with Crippen molar-refractivity contribution < 1.29 is 18.9 Å². The van der Waals surface area contributed by atoms with Crippen LogP contribution in [0, 0.1) is 22.9 Å². The molecular formula is C20H21FN4O4. The van der Waals surface area contributed by atoms with Gasteiger partial charge in [-0.25, -0.2) is 9.18 Å². The van der Waals surface area contributed by atoms with E-state index < -0.39 is 10.7 Å². The van der Waals surface area contributed by atoms with Gasteiger partial charge in [0.05, 0.1) is 16.2 Å². The zero-order valence-corrected chi connectivity index (χ0v) is 15.9. The second-order valence-electron chi connectivity index (χ2n) is 6.78. The molecule has 1 aliphatic rings. The van der Waals surface area contributed by atoms with E-state index >= 15 is 0 Å². The summed E-state index contributed by atoms with van der Waals surface area (Å²) >= 11 is 0. The maximum Gasteiger partial charge on any atom is 0.321 e. The molecule has 3 amide bonds. The first-order chi connectivity index (χ1) is 13.9. The van der Waals surface area contributed by atoms with Crippen molar-refractivity contribution in [1.29, 1.82) is 0 Å². The zero-order valence-electron chi connectivity index (χ0n) is 15.9. The molecule has 1 saturated heterocycles. The summed E-state index contributed by atoms with van der Waals surface area (Å²) in [5, 5.41) is 13.8. The molecule has 0 atom stereocenters. The molecule has 0 spiro atoms. The van der Waals surface area contributed by atoms with Gasteiger partial charge in [0.25, 0.3) is 11.6 Å². The number of nitrogens with one attached hydrogen (secondary N) is 1. The molecule has 1 N–H and O–H groups in total. The van der Waals surface area contributed by atoms with Gasteiger partial charge in [0, 0.05) is 37.8 Å². The van der Waals surface area contributed by atoms with E-state index in [0.717, 1.165) is 0 Å². The normalized spacial score (nSPS) is 14.3. The number of carbonyl (C=O) groups is 2. The highest BCUT2D eigenvalue weighted by atomic mass is 19.1. The Morgan fingerprint density at radius 2 is 1.69 bits per heavy atom. The van der Waals surface area contributed by atoms with Gasteiger partial charge >= 0.3 is 6.03 Å². The van der Waals surface area contributed by atoms with E-state index in [1.807, 2.05) is 0 Å². The molecule has 0 unspecified atom stereocenters. The van der Waals surface area contributed by atoms with Crippen LogP contribution in [0.1, 0.15) is 22.3 Å². The van der Waals surface area contributed by atoms with Crippen molar-refractivity contribution >= 4 is 23.3 Å². The lowest BCUT2D eigenvalue weighted by Gasteiger charge is -2.23. The van der Waals surface area contributed by atoms with Crippen LogP contribution in [0.25, 0.3) is 0 Å². The molecule has 0 aromatic heterocycles. The van der Waals surface area contributed by atoms with Crippen LogP contribution in [-0.2, 0) is 0 Å². The molecule has 1 fully saturated rings. The molecule has 0 bridgehead atoms. The first-order valence-electron chi connectivity index (χ1n) is 9.21. The number of carbonyl (C=O) groups excluding carboxylic acids is 2. The summed E-state index contributed by atoms with van der Waals surface area (Å²) in [5.74, 6) is -0.613. The molecule has 0 saturated carbocycles. The minimum atomic E-state index is -0.490. The van der Waals surface area contributed by atoms with Gasteiger partial charge in [0.2, 0.25) is 0 Å². The van der Waals surface area contributed by atoms with Crippen LogP contribution in [0.4, 0.5) is 20.6 Å². The predicted octanol–water partition coefficient (Wildman–Crippen LogP) is 3.42. The van der Waals surface area contributed by atoms with Crippen molar-refractivity contribution in [3.05, 3.63) is 69.5 Å². The summed E-state index contributed by atoms with van der Waals surface area (Å²) in [4.78, 5) is 39.0. The highest BCUT2D eigenvalue weighted by Gasteiger charge is 2.24. The van der Waals surface area contributed by atoms with Crippen LogP contribution in [0.2, 0.25) is 0 Å². The third-order valence-corrected chi connectivity index (χ3v) is 4.90. The average molecular weight is 400 g/mol. The number of hydrogen-bond acceptors (Lipinski definition) is 4. The van der Waals surface area contributed by atoms with Crippen molar-refractivity contribution in [2.24, 2.45) is 0 Å². The Morgan fingerprint density at radius 1 is 1.03 bits per heavy atom. The van der Waals surface area contributed by atoms with Crippen LogP contribution < -0.4 is 5.32 Å². The SMILES string of the molecule is Cc1c(NC(=O)N2CCCN(C(=O)c3ccc(F)cc3)CC2)cccc1[N+](=O)[O-]. The Morgan fingerprint density at radius 3 is 2.38 bits per heavy atom. The lowest BCUT2D eigenvalue weighted by atomic mass is 10.1. The topological polar surface area (TPSA) is 95.8 Å². The number of nitrogens with zero attached hydrogens (tertiary/aromatic N) is 3. The molecule has 29 heavy (non-hydrogen) atoms. The Bertz CT molecular complexity index is 933. The van der Waals surface area contributed by atoms with E-state index in [-0.39, 0.29) is 17.6 Å². The summed E-state index contributed by atoms with van der Waals surface area (Å²) in [6, 6.07) is 9.52. The number of amides is 3. The van der Waals surface area contributed by atoms with Crippen LogP contribution in [0.5, 0.6) is 0 Å². The van der Waals surface area contributed by atoms with E-state index in [9.17, 15) is 24.1 Å². The number of nitro benzene ring substituents is 1. The Balaban J connectivity index is 1.64. The van der Waals surface area contributed by atoms with Crippen LogP contribution in [-0.4, -0.2) is 52.8 Å². The molecule has 9 heteroatoms. The Labute approximate surface area is 167 Å². The van der Waals surface area contributed by atoms with Crippen molar-refractivity contribution in [3.63, 3.8) is 0 Å². The maximum atomic E-state index is 13.1. The number of hydrogen-bond donors (Lipinski definition) is 1. The van der Waals surface area contributed by atoms with Gasteiger partial charge in [-0.3, -0.25) is 14.9 Å². The third-order valence-electron chi connectivity index (χ3n) is 4.90. The lowest BCUT2D eigenvalue weighted by Crippen LogP contribution is -2.39. The molecule has 152 valence electrons. The number of urea groups is 1. The van der Waals surface area contributed by atoms with Crippen LogP contribution >= 0.6 is 0 Å². The monoisotopic (exact) mass is 400 g/mol. The van der Waals surface area contributed by atoms with Gasteiger partial charge in [-0.1, -0.05) is 6.07 Å². The van der Waals surface area contributed by atoms with E-state index in [0.29, 0.717) is 49.4 Å². The third kappa shape index (κ3) is 4.68. The molecule has 1 aliphatic heterocycles. The van der Waals surface area contributed by atoms with E-state index in [4.69, 9.17) is 0 Å². The fourth-order valence-electron chi connectivity index (χ4n) is 3.25. The predicted molar refractivity (Wildman–Crippen MR) is 105 cm³/mol. The average Bonchev–Trinajstić information content (AvgIpc) is 2.95. The highest BCUT2D eigenvalue weighted by Crippen LogP contribution is 2.25. The van der Waals surface area contributed by atoms with Crippen LogP contribution in [0.3, 0.4) is 0 Å². The molecule has 3 rings (SSSR count). The summed E-state index contributed by atoms with van der Waals surface area (Å²) < 4.78 is 13.1. The maximum absolute atomic E-state index is 13.1. The molecule has 2 aromatic carbocycles. The summed E-state index contributed by atoms with van der Waals surface area (Å²) in [7, 11) is 0. The number of benzene rings is 2. The quantitative estimate of drug-likeness (QED) is 0.631. The fourth-order valence-corrected chi connectivity index (χ4v) is 3.25. The molecule has 0 aliphatic carbocycles. The van der Waals surface area contributed by atoms with Crippen LogP contribution in [0.15, 0.2) is 42.5 Å². The van der Waals surface area contributed by atoms with Gasteiger partial charge in [0.15, 0.2) is 0 Å². The standard InChI is InChI=1S/C20H21FN4O4/c1-14-17(4-2-5-18(14)25(28)29)22-20(27)24-11-3-10-23(12-13-24)19(26)15-6-8-16(21)9-7-15/h2,4-9H,3,10-13H2,1H3,(H,22,27). The van der Waals surface area contributed by atoms with Crippen molar-refractivity contribution in [1.82, 2.24) is 9.80 Å². The number of anilines is 1. The van der Waals surface area contributed by atoms with Gasteiger partial charge in [-0.15, -0.1) is 0 Å². The summed E-state index contributed by atoms with van der Waals surface area (Å²) in [5.41, 5.74) is 1.10. The van der Waals surface area contributed by atoms with Gasteiger partial charge in [-0.2, -0.15) is 0 Å². The minimum Gasteiger partial charge on any atom is -0.337 e. The summed E-state index contributed by atoms with van der Waals surface area (Å²) in [6.07, 6.45) is 0.592. The second-order valence-corrected chi connectivity index (χ2v) is 6.78. The van der Waals surface area contributed by atoms with Gasteiger partial charge < -0.3 is 15.1 Å². The number of rotatable bonds is 3. The summed E-state index contributed by atoms with van der Waals surface area (Å²) in [6.45, 7) is 3.19. The van der Waals surface area contributed by atoms with Gasteiger partial charge in [0.1, 0.15) is 5.82 Å². The van der Waals surface area contributed by atoms with E-state index in [1.165, 1.54) is 36.4 Å². The molecular weight excluding hydrogens is 379 g/mol. The highest BCUT2D eigenvalue weighted by molar-refractivity contribution is 5.94. The lowest BCUT2D eigenvalue weighted by molar-refractivity contribution is -0.385. The number of nitro groups is 1. The first-order valence-corrected chi connectivity index (χ1v) is 9.21. The van der Waals surface area contributed by atoms with Gasteiger partial charge in [-0.05, 0) is 43.7 Å². The zero-order chi connectivity index (χ0) is 21.0.